The average molecular weight is 270 g/mol. The van der Waals surface area contributed by atoms with Gasteiger partial charge in [0.15, 0.2) is 0 Å². The van der Waals surface area contributed by atoms with Gasteiger partial charge in [0.2, 0.25) is 0 Å². The number of aliphatic hydroxyl groups excluding tert-OH is 1. The number of hydrogen-bond donors (Lipinski definition) is 3. The summed E-state index contributed by atoms with van der Waals surface area (Å²) in [5.74, 6) is 0. The van der Waals surface area contributed by atoms with Crippen molar-refractivity contribution in [3.05, 3.63) is 35.4 Å². The van der Waals surface area contributed by atoms with E-state index in [9.17, 15) is 13.5 Å². The van der Waals surface area contributed by atoms with E-state index in [1.54, 1.807) is 0 Å². The largest absolute Gasteiger partial charge is 0.391 e. The Morgan fingerprint density at radius 3 is 2.83 bits per heavy atom. The van der Waals surface area contributed by atoms with Crippen LogP contribution in [0.2, 0.25) is 0 Å². The summed E-state index contributed by atoms with van der Waals surface area (Å²) in [6.07, 6.45) is 0.502. The number of fused-ring (bicyclic) bond motifs is 1. The van der Waals surface area contributed by atoms with Crippen molar-refractivity contribution in [2.24, 2.45) is 0 Å². The summed E-state index contributed by atoms with van der Waals surface area (Å²) in [5.41, 5.74) is 1.85. The van der Waals surface area contributed by atoms with Crippen LogP contribution < -0.4 is 9.44 Å². The van der Waals surface area contributed by atoms with Crippen molar-refractivity contribution in [3.8, 4) is 0 Å². The van der Waals surface area contributed by atoms with Crippen molar-refractivity contribution in [1.82, 2.24) is 9.44 Å². The lowest BCUT2D eigenvalue weighted by molar-refractivity contribution is 0.151. The Kier molecular flexibility index (Phi) is 4.01. The van der Waals surface area contributed by atoms with E-state index >= 15 is 0 Å². The molecule has 6 heteroatoms. The fourth-order valence-electron chi connectivity index (χ4n) is 2.16. The van der Waals surface area contributed by atoms with Gasteiger partial charge in [-0.05, 0) is 17.5 Å². The minimum absolute atomic E-state index is 0.389. The fraction of sp³-hybridized carbons (Fsp3) is 0.500. The third-order valence-electron chi connectivity index (χ3n) is 3.03. The second-order valence-corrected chi connectivity index (χ2v) is 5.99. The molecule has 0 unspecified atom stereocenters. The first kappa shape index (κ1) is 13.5. The molecule has 5 nitrogen and oxygen atoms in total. The van der Waals surface area contributed by atoms with E-state index in [2.05, 4.69) is 9.44 Å². The van der Waals surface area contributed by atoms with Crippen molar-refractivity contribution in [3.63, 3.8) is 0 Å². The molecule has 0 heterocycles. The summed E-state index contributed by atoms with van der Waals surface area (Å²) in [4.78, 5) is 0. The molecule has 0 spiro atoms. The second kappa shape index (κ2) is 5.36. The van der Waals surface area contributed by atoms with Gasteiger partial charge in [0.25, 0.3) is 10.2 Å². The summed E-state index contributed by atoms with van der Waals surface area (Å²) in [5, 5.41) is 9.94. The zero-order valence-corrected chi connectivity index (χ0v) is 11.1. The second-order valence-electron chi connectivity index (χ2n) is 4.46. The van der Waals surface area contributed by atoms with Gasteiger partial charge in [-0.2, -0.15) is 13.1 Å². The van der Waals surface area contributed by atoms with Crippen molar-refractivity contribution >= 4 is 10.2 Å². The number of aliphatic hydroxyl groups is 1. The van der Waals surface area contributed by atoms with E-state index in [0.717, 1.165) is 17.5 Å². The molecule has 0 amide bonds. The molecular formula is C12H18N2O3S. The molecule has 0 saturated heterocycles. The van der Waals surface area contributed by atoms with Crippen molar-refractivity contribution in [1.29, 1.82) is 0 Å². The molecule has 1 aromatic rings. The average Bonchev–Trinajstić information content (AvgIpc) is 2.63. The van der Waals surface area contributed by atoms with E-state index in [1.807, 2.05) is 31.2 Å². The Balaban J connectivity index is 2.15. The highest BCUT2D eigenvalue weighted by Gasteiger charge is 2.33. The molecule has 100 valence electrons. The standard InChI is InChI=1S/C12H18N2O3S/c1-2-7-13-18(16,17)14-12-10-6-4-3-5-9(10)8-11(12)15/h3-6,11-15H,2,7-8H2,1H3/t11-,12+/m1/s1. The summed E-state index contributed by atoms with van der Waals surface area (Å²) in [6, 6.07) is 6.93. The van der Waals surface area contributed by atoms with Crippen LogP contribution in [0.1, 0.15) is 30.5 Å². The highest BCUT2D eigenvalue weighted by Crippen LogP contribution is 2.31. The fourth-order valence-corrected chi connectivity index (χ4v) is 3.34. The first-order valence-corrected chi connectivity index (χ1v) is 7.54. The molecular weight excluding hydrogens is 252 g/mol. The molecule has 0 aromatic heterocycles. The molecule has 3 N–H and O–H groups in total. The predicted molar refractivity (Wildman–Crippen MR) is 69.2 cm³/mol. The third-order valence-corrected chi connectivity index (χ3v) is 4.18. The first-order chi connectivity index (χ1) is 8.53. The highest BCUT2D eigenvalue weighted by molar-refractivity contribution is 7.87. The molecule has 0 saturated carbocycles. The number of rotatable bonds is 5. The van der Waals surface area contributed by atoms with Gasteiger partial charge >= 0.3 is 0 Å². The molecule has 1 aliphatic carbocycles. The van der Waals surface area contributed by atoms with Gasteiger partial charge in [-0.25, -0.2) is 4.72 Å². The molecule has 1 aliphatic rings. The van der Waals surface area contributed by atoms with Crippen molar-refractivity contribution in [2.45, 2.75) is 31.9 Å². The van der Waals surface area contributed by atoms with E-state index in [1.165, 1.54) is 0 Å². The van der Waals surface area contributed by atoms with Crippen molar-refractivity contribution in [2.75, 3.05) is 6.54 Å². The number of hydrogen-bond acceptors (Lipinski definition) is 3. The molecule has 2 atom stereocenters. The lowest BCUT2D eigenvalue weighted by atomic mass is 10.1. The Morgan fingerprint density at radius 1 is 1.39 bits per heavy atom. The van der Waals surface area contributed by atoms with Gasteiger partial charge in [-0.15, -0.1) is 0 Å². The van der Waals surface area contributed by atoms with Gasteiger partial charge in [-0.1, -0.05) is 31.2 Å². The maximum atomic E-state index is 11.8. The van der Waals surface area contributed by atoms with Gasteiger partial charge in [0.05, 0.1) is 12.1 Å². The summed E-state index contributed by atoms with van der Waals surface area (Å²) < 4.78 is 28.5. The number of benzene rings is 1. The quantitative estimate of drug-likeness (QED) is 0.728. The summed E-state index contributed by atoms with van der Waals surface area (Å²) in [6.45, 7) is 2.28. The van der Waals surface area contributed by atoms with Crippen LogP contribution in [0.3, 0.4) is 0 Å². The maximum absolute atomic E-state index is 11.8. The van der Waals surface area contributed by atoms with Gasteiger partial charge in [-0.3, -0.25) is 0 Å². The Hall–Kier alpha value is -0.950. The van der Waals surface area contributed by atoms with Gasteiger partial charge in [0, 0.05) is 13.0 Å². The smallest absolute Gasteiger partial charge is 0.277 e. The third kappa shape index (κ3) is 2.89. The van der Waals surface area contributed by atoms with Crippen LogP contribution in [-0.4, -0.2) is 26.2 Å². The molecule has 0 fully saturated rings. The van der Waals surface area contributed by atoms with E-state index in [4.69, 9.17) is 0 Å². The van der Waals surface area contributed by atoms with Crippen LogP contribution in [-0.2, 0) is 16.6 Å². The van der Waals surface area contributed by atoms with Crippen molar-refractivity contribution < 1.29 is 13.5 Å². The predicted octanol–water partition coefficient (Wildman–Crippen LogP) is 0.479. The van der Waals surface area contributed by atoms with Crippen LogP contribution in [0.5, 0.6) is 0 Å². The number of nitrogens with one attached hydrogen (secondary N) is 2. The molecule has 0 bridgehead atoms. The van der Waals surface area contributed by atoms with Crippen LogP contribution >= 0.6 is 0 Å². The monoisotopic (exact) mass is 270 g/mol. The Morgan fingerprint density at radius 2 is 2.11 bits per heavy atom. The minimum atomic E-state index is -3.56. The normalized spacial score (nSPS) is 23.0. The van der Waals surface area contributed by atoms with Gasteiger partial charge < -0.3 is 5.11 Å². The first-order valence-electron chi connectivity index (χ1n) is 6.06. The zero-order valence-electron chi connectivity index (χ0n) is 10.3. The summed E-state index contributed by atoms with van der Waals surface area (Å²) in [7, 11) is -3.56. The van der Waals surface area contributed by atoms with E-state index < -0.39 is 22.4 Å². The van der Waals surface area contributed by atoms with E-state index in [-0.39, 0.29) is 0 Å². The Bertz CT molecular complexity index is 516. The molecule has 2 rings (SSSR count). The van der Waals surface area contributed by atoms with E-state index in [0.29, 0.717) is 13.0 Å². The van der Waals surface area contributed by atoms with Crippen LogP contribution in [0.15, 0.2) is 24.3 Å². The van der Waals surface area contributed by atoms with Gasteiger partial charge in [0.1, 0.15) is 0 Å². The minimum Gasteiger partial charge on any atom is -0.391 e. The molecule has 1 aromatic carbocycles. The lowest BCUT2D eigenvalue weighted by Crippen LogP contribution is -2.41. The topological polar surface area (TPSA) is 78.4 Å². The maximum Gasteiger partial charge on any atom is 0.277 e. The van der Waals surface area contributed by atoms with Crippen LogP contribution in [0.4, 0.5) is 0 Å². The van der Waals surface area contributed by atoms with Crippen LogP contribution in [0, 0.1) is 0 Å². The molecule has 0 radical (unpaired) electrons. The van der Waals surface area contributed by atoms with Crippen LogP contribution in [0.25, 0.3) is 0 Å². The Labute approximate surface area is 107 Å². The zero-order chi connectivity index (χ0) is 13.2. The highest BCUT2D eigenvalue weighted by atomic mass is 32.2. The SMILES string of the molecule is CCCNS(=O)(=O)N[C@H]1c2ccccc2C[C@H]1O. The molecule has 18 heavy (non-hydrogen) atoms. The lowest BCUT2D eigenvalue weighted by Gasteiger charge is -2.18. The summed E-state index contributed by atoms with van der Waals surface area (Å²) >= 11 is 0. The molecule has 0 aliphatic heterocycles.